The van der Waals surface area contributed by atoms with Crippen molar-refractivity contribution in [3.63, 3.8) is 0 Å². The summed E-state index contributed by atoms with van der Waals surface area (Å²) in [6.07, 6.45) is 5.78. The van der Waals surface area contributed by atoms with Gasteiger partial charge in [-0.25, -0.2) is 0 Å². The van der Waals surface area contributed by atoms with Crippen LogP contribution in [0.2, 0.25) is 10.0 Å². The van der Waals surface area contributed by atoms with Crippen molar-refractivity contribution in [2.75, 3.05) is 5.32 Å². The first-order chi connectivity index (χ1) is 12.3. The number of fused-ring (bicyclic) bond motifs is 1. The first-order valence-electron chi connectivity index (χ1n) is 8.23. The molecule has 2 aromatic rings. The third kappa shape index (κ3) is 4.11. The molecule has 2 amide bonds. The van der Waals surface area contributed by atoms with E-state index in [0.29, 0.717) is 26.5 Å². The van der Waals surface area contributed by atoms with E-state index in [0.717, 1.165) is 35.3 Å². The Hall–Kier alpha value is -1.82. The fraction of sp³-hybridized carbons (Fsp3) is 0.263. The first kappa shape index (κ1) is 19.0. The van der Waals surface area contributed by atoms with Crippen LogP contribution in [0.15, 0.2) is 24.3 Å². The van der Waals surface area contributed by atoms with Gasteiger partial charge in [-0.2, -0.15) is 0 Å². The lowest BCUT2D eigenvalue weighted by Gasteiger charge is -2.18. The second kappa shape index (κ2) is 7.82. The van der Waals surface area contributed by atoms with Crippen molar-refractivity contribution in [2.45, 2.75) is 26.2 Å². The fourth-order valence-electron chi connectivity index (χ4n) is 3.04. The minimum Gasteiger partial charge on any atom is -0.365 e. The first-order valence-corrected chi connectivity index (χ1v) is 9.81. The van der Waals surface area contributed by atoms with Crippen LogP contribution in [0.5, 0.6) is 0 Å². The monoisotopic (exact) mass is 408 g/mol. The van der Waals surface area contributed by atoms with Gasteiger partial charge in [-0.15, -0.1) is 11.3 Å². The van der Waals surface area contributed by atoms with Crippen molar-refractivity contribution in [1.29, 1.82) is 0 Å². The summed E-state index contributed by atoms with van der Waals surface area (Å²) in [7, 11) is 0. The molecule has 1 unspecified atom stereocenters. The largest absolute Gasteiger partial charge is 0.365 e. The number of thiophene rings is 1. The number of primary amides is 1. The SMILES string of the molecule is CC1CCc2c(sc(NC(=O)C=Cc3ccc(Cl)c(Cl)c3)c2C(N)=O)C1. The Morgan fingerprint density at radius 1 is 1.31 bits per heavy atom. The van der Waals surface area contributed by atoms with Crippen molar-refractivity contribution in [3.8, 4) is 0 Å². The average Bonchev–Trinajstić information content (AvgIpc) is 2.92. The minimum atomic E-state index is -0.499. The third-order valence-corrected chi connectivity index (χ3v) is 6.27. The number of hydrogen-bond acceptors (Lipinski definition) is 3. The summed E-state index contributed by atoms with van der Waals surface area (Å²) in [6, 6.07) is 5.10. The number of halogens is 2. The van der Waals surface area contributed by atoms with Gasteiger partial charge in [-0.05, 0) is 54.5 Å². The van der Waals surface area contributed by atoms with Gasteiger partial charge >= 0.3 is 0 Å². The van der Waals surface area contributed by atoms with Crippen molar-refractivity contribution in [2.24, 2.45) is 11.7 Å². The minimum absolute atomic E-state index is 0.329. The molecule has 1 aliphatic carbocycles. The highest BCUT2D eigenvalue weighted by molar-refractivity contribution is 7.17. The van der Waals surface area contributed by atoms with Gasteiger partial charge in [0.25, 0.3) is 5.91 Å². The molecule has 1 heterocycles. The molecule has 4 nitrogen and oxygen atoms in total. The zero-order valence-corrected chi connectivity index (χ0v) is 16.5. The average molecular weight is 409 g/mol. The number of carbonyl (C=O) groups is 2. The number of benzene rings is 1. The molecule has 1 atom stereocenters. The maximum Gasteiger partial charge on any atom is 0.251 e. The Balaban J connectivity index is 1.79. The molecular formula is C19H18Cl2N2O2S. The van der Waals surface area contributed by atoms with E-state index in [1.54, 1.807) is 24.3 Å². The Morgan fingerprint density at radius 3 is 2.77 bits per heavy atom. The maximum atomic E-state index is 12.3. The highest BCUT2D eigenvalue weighted by Crippen LogP contribution is 2.39. The van der Waals surface area contributed by atoms with Crippen molar-refractivity contribution in [1.82, 2.24) is 0 Å². The van der Waals surface area contributed by atoms with E-state index in [2.05, 4.69) is 12.2 Å². The van der Waals surface area contributed by atoms with Crippen LogP contribution >= 0.6 is 34.5 Å². The summed E-state index contributed by atoms with van der Waals surface area (Å²) in [5.41, 5.74) is 7.76. The maximum absolute atomic E-state index is 12.3. The quantitative estimate of drug-likeness (QED) is 0.703. The molecule has 0 bridgehead atoms. The van der Waals surface area contributed by atoms with Crippen LogP contribution in [-0.4, -0.2) is 11.8 Å². The lowest BCUT2D eigenvalue weighted by Crippen LogP contribution is -2.18. The summed E-state index contributed by atoms with van der Waals surface area (Å²) >= 11 is 13.3. The van der Waals surface area contributed by atoms with E-state index in [9.17, 15) is 9.59 Å². The van der Waals surface area contributed by atoms with E-state index in [1.807, 2.05) is 0 Å². The van der Waals surface area contributed by atoms with Crippen LogP contribution in [0.4, 0.5) is 5.00 Å². The van der Waals surface area contributed by atoms with E-state index < -0.39 is 5.91 Å². The number of rotatable bonds is 4. The summed E-state index contributed by atoms with van der Waals surface area (Å²) in [4.78, 5) is 25.3. The molecule has 0 spiro atoms. The van der Waals surface area contributed by atoms with E-state index in [-0.39, 0.29) is 5.91 Å². The van der Waals surface area contributed by atoms with E-state index >= 15 is 0 Å². The zero-order chi connectivity index (χ0) is 18.8. The van der Waals surface area contributed by atoms with Crippen LogP contribution < -0.4 is 11.1 Å². The van der Waals surface area contributed by atoms with Gasteiger partial charge in [0.15, 0.2) is 0 Å². The molecule has 0 aliphatic heterocycles. The standard InChI is InChI=1S/C19H18Cl2N2O2S/c1-10-2-5-12-15(8-10)26-19(17(12)18(22)25)23-16(24)7-4-11-3-6-13(20)14(21)9-11/h3-4,6-7,9-10H,2,5,8H2,1H3,(H2,22,25)(H,23,24). The molecule has 0 saturated heterocycles. The van der Waals surface area contributed by atoms with Crippen LogP contribution in [0, 0.1) is 5.92 Å². The smallest absolute Gasteiger partial charge is 0.251 e. The van der Waals surface area contributed by atoms with Gasteiger partial charge in [0.1, 0.15) is 5.00 Å². The van der Waals surface area contributed by atoms with Crippen molar-refractivity contribution >= 4 is 57.4 Å². The highest BCUT2D eigenvalue weighted by atomic mass is 35.5. The van der Waals surface area contributed by atoms with Gasteiger partial charge in [0.05, 0.1) is 15.6 Å². The fourth-order valence-corrected chi connectivity index (χ4v) is 4.77. The topological polar surface area (TPSA) is 72.2 Å². The Bertz CT molecular complexity index is 905. The lowest BCUT2D eigenvalue weighted by molar-refractivity contribution is -0.111. The number of hydrogen-bond donors (Lipinski definition) is 2. The molecule has 26 heavy (non-hydrogen) atoms. The number of carbonyl (C=O) groups excluding carboxylic acids is 2. The summed E-state index contributed by atoms with van der Waals surface area (Å²) in [6.45, 7) is 2.19. The molecule has 3 rings (SSSR count). The zero-order valence-electron chi connectivity index (χ0n) is 14.1. The normalized spacial score (nSPS) is 16.5. The van der Waals surface area contributed by atoms with Crippen molar-refractivity contribution < 1.29 is 9.59 Å². The molecule has 1 aromatic heterocycles. The molecule has 1 aliphatic rings. The van der Waals surface area contributed by atoms with Gasteiger partial charge < -0.3 is 11.1 Å². The molecule has 136 valence electrons. The second-order valence-corrected chi connectivity index (χ2v) is 8.34. The van der Waals surface area contributed by atoms with E-state index in [4.69, 9.17) is 28.9 Å². The molecule has 0 radical (unpaired) electrons. The van der Waals surface area contributed by atoms with Crippen LogP contribution in [-0.2, 0) is 17.6 Å². The number of nitrogens with one attached hydrogen (secondary N) is 1. The Morgan fingerprint density at radius 2 is 2.08 bits per heavy atom. The van der Waals surface area contributed by atoms with Crippen molar-refractivity contribution in [3.05, 3.63) is 55.9 Å². The van der Waals surface area contributed by atoms with Gasteiger partial charge in [0.2, 0.25) is 5.91 Å². The summed E-state index contributed by atoms with van der Waals surface area (Å²) in [5.74, 6) is -0.258. The molecule has 0 fully saturated rings. The van der Waals surface area contributed by atoms with Gasteiger partial charge in [-0.1, -0.05) is 36.2 Å². The molecular weight excluding hydrogens is 391 g/mol. The van der Waals surface area contributed by atoms with Crippen LogP contribution in [0.3, 0.4) is 0 Å². The number of nitrogens with two attached hydrogens (primary N) is 1. The second-order valence-electron chi connectivity index (χ2n) is 6.42. The molecule has 0 saturated carbocycles. The summed E-state index contributed by atoms with van der Waals surface area (Å²) < 4.78 is 0. The number of amides is 2. The molecule has 3 N–H and O–H groups in total. The van der Waals surface area contributed by atoms with Crippen LogP contribution in [0.25, 0.3) is 6.08 Å². The predicted molar refractivity (Wildman–Crippen MR) is 108 cm³/mol. The molecule has 1 aromatic carbocycles. The Kier molecular flexibility index (Phi) is 5.70. The van der Waals surface area contributed by atoms with Gasteiger partial charge in [0, 0.05) is 11.0 Å². The summed E-state index contributed by atoms with van der Waals surface area (Å²) in [5, 5.41) is 4.20. The predicted octanol–water partition coefficient (Wildman–Crippen LogP) is 4.93. The third-order valence-electron chi connectivity index (χ3n) is 4.37. The number of anilines is 1. The van der Waals surface area contributed by atoms with Gasteiger partial charge in [-0.3, -0.25) is 9.59 Å². The Labute approximate surface area is 166 Å². The lowest BCUT2D eigenvalue weighted by atomic mass is 9.88. The van der Waals surface area contributed by atoms with E-state index in [1.165, 1.54) is 17.4 Å². The highest BCUT2D eigenvalue weighted by Gasteiger charge is 2.26. The molecule has 7 heteroatoms. The van der Waals surface area contributed by atoms with Crippen LogP contribution in [0.1, 0.15) is 39.7 Å².